The summed E-state index contributed by atoms with van der Waals surface area (Å²) in [5, 5.41) is 4.97. The molecule has 3 aromatic carbocycles. The Morgan fingerprint density at radius 1 is 0.886 bits per heavy atom. The van der Waals surface area contributed by atoms with Crippen LogP contribution < -0.4 is 15.4 Å². The molecular weight excluding hydrogens is 605 g/mol. The summed E-state index contributed by atoms with van der Waals surface area (Å²) in [6, 6.07) is 13.0. The number of alkyl halides is 7. The van der Waals surface area contributed by atoms with Crippen molar-refractivity contribution in [3.8, 4) is 5.75 Å². The van der Waals surface area contributed by atoms with Crippen molar-refractivity contribution in [1.82, 2.24) is 10.3 Å². The highest BCUT2D eigenvalue weighted by atomic mass is 19.4. The number of nitrogens with zero attached hydrogens (tertiary/aromatic N) is 1. The molecule has 1 atom stereocenters. The summed E-state index contributed by atoms with van der Waals surface area (Å²) >= 11 is 0. The van der Waals surface area contributed by atoms with E-state index in [0.717, 1.165) is 6.07 Å². The predicted octanol–water partition coefficient (Wildman–Crippen LogP) is 8.23. The monoisotopic (exact) mass is 627 g/mol. The fraction of sp³-hybridized carbons (Fsp3) is 0.200. The molecule has 0 aliphatic rings. The smallest absolute Gasteiger partial charge is 0.428 e. The number of benzene rings is 3. The molecule has 0 radical (unpaired) electrons. The van der Waals surface area contributed by atoms with E-state index in [1.54, 1.807) is 25.1 Å². The summed E-state index contributed by atoms with van der Waals surface area (Å²) in [4.78, 5) is 17.4. The standard InChI is InChI=1S/C30H22F9N3O2/c1-17-11-22(9-10-40-17)41-27(43)42-28(16-18-5-3-2-4-6-18,19-7-8-25(32)24(14-19)29(35,36)37)20-12-21(31)15-23(13-20)44-30(38,39)26(33)34/h2-15,26H,16H2,1H3,(H2,40,41,42,43). The molecule has 1 aromatic heterocycles. The number of ether oxygens (including phenoxy) is 1. The zero-order valence-electron chi connectivity index (χ0n) is 22.5. The van der Waals surface area contributed by atoms with Crippen molar-refractivity contribution >= 4 is 11.7 Å². The summed E-state index contributed by atoms with van der Waals surface area (Å²) in [7, 11) is 0. The van der Waals surface area contributed by atoms with Crippen molar-refractivity contribution in [3.05, 3.63) is 125 Å². The largest absolute Gasteiger partial charge is 0.461 e. The third-order valence-corrected chi connectivity index (χ3v) is 6.43. The predicted molar refractivity (Wildman–Crippen MR) is 141 cm³/mol. The zero-order valence-corrected chi connectivity index (χ0v) is 22.5. The lowest BCUT2D eigenvalue weighted by molar-refractivity contribution is -0.253. The molecule has 1 heterocycles. The first-order chi connectivity index (χ1) is 20.6. The molecule has 4 aromatic rings. The lowest BCUT2D eigenvalue weighted by atomic mass is 9.77. The first kappa shape index (κ1) is 32.2. The Bertz CT molecular complexity index is 1630. The maximum absolute atomic E-state index is 15.0. The van der Waals surface area contributed by atoms with Gasteiger partial charge in [-0.15, -0.1) is 0 Å². The van der Waals surface area contributed by atoms with Crippen LogP contribution in [0, 0.1) is 18.6 Å². The summed E-state index contributed by atoms with van der Waals surface area (Å²) in [5.74, 6) is -4.09. The Morgan fingerprint density at radius 3 is 2.23 bits per heavy atom. The van der Waals surface area contributed by atoms with Gasteiger partial charge in [0.25, 0.3) is 0 Å². The molecule has 44 heavy (non-hydrogen) atoms. The number of carbonyl (C=O) groups is 1. The van der Waals surface area contributed by atoms with E-state index in [1.807, 2.05) is 0 Å². The highest BCUT2D eigenvalue weighted by Crippen LogP contribution is 2.40. The average Bonchev–Trinajstić information content (AvgIpc) is 2.92. The van der Waals surface area contributed by atoms with Crippen LogP contribution in [-0.2, 0) is 18.1 Å². The van der Waals surface area contributed by atoms with Crippen molar-refractivity contribution in [2.24, 2.45) is 0 Å². The maximum Gasteiger partial charge on any atom is 0.461 e. The minimum atomic E-state index is -5.22. The Hall–Kier alpha value is -4.75. The van der Waals surface area contributed by atoms with Crippen LogP contribution in [0.25, 0.3) is 0 Å². The number of aromatic nitrogens is 1. The molecule has 0 fully saturated rings. The van der Waals surface area contributed by atoms with Crippen LogP contribution in [0.15, 0.2) is 85.1 Å². The zero-order chi connectivity index (χ0) is 32.3. The number of pyridine rings is 1. The van der Waals surface area contributed by atoms with Crippen LogP contribution in [0.2, 0.25) is 0 Å². The normalized spacial score (nSPS) is 13.3. The molecular formula is C30H22F9N3O2. The number of anilines is 1. The number of carbonyl (C=O) groups excluding carboxylic acids is 1. The highest BCUT2D eigenvalue weighted by Gasteiger charge is 2.45. The molecule has 5 nitrogen and oxygen atoms in total. The molecule has 0 saturated heterocycles. The molecule has 1 unspecified atom stereocenters. The summed E-state index contributed by atoms with van der Waals surface area (Å²) in [5.41, 5.74) is -3.92. The summed E-state index contributed by atoms with van der Waals surface area (Å²) in [6.45, 7) is 1.61. The van der Waals surface area contributed by atoms with Crippen molar-refractivity contribution in [2.75, 3.05) is 5.32 Å². The number of halogens is 9. The van der Waals surface area contributed by atoms with Gasteiger partial charge in [0.15, 0.2) is 0 Å². The molecule has 0 aliphatic heterocycles. The van der Waals surface area contributed by atoms with E-state index >= 15 is 0 Å². The fourth-order valence-corrected chi connectivity index (χ4v) is 4.52. The van der Waals surface area contributed by atoms with E-state index in [-0.39, 0.29) is 5.69 Å². The molecule has 4 rings (SSSR count). The summed E-state index contributed by atoms with van der Waals surface area (Å²) < 4.78 is 128. The third kappa shape index (κ3) is 7.41. The Labute approximate surface area is 244 Å². The molecule has 0 aliphatic carbocycles. The minimum Gasteiger partial charge on any atom is -0.428 e. The lowest BCUT2D eigenvalue weighted by Gasteiger charge is -2.37. The van der Waals surface area contributed by atoms with Gasteiger partial charge in [-0.2, -0.15) is 30.7 Å². The van der Waals surface area contributed by atoms with Gasteiger partial charge in [0.1, 0.15) is 17.4 Å². The van der Waals surface area contributed by atoms with E-state index < -0.39 is 70.8 Å². The van der Waals surface area contributed by atoms with E-state index in [1.165, 1.54) is 30.5 Å². The average molecular weight is 628 g/mol. The van der Waals surface area contributed by atoms with Gasteiger partial charge in [0, 0.05) is 30.1 Å². The number of amides is 2. The van der Waals surface area contributed by atoms with Crippen LogP contribution in [0.4, 0.5) is 50.0 Å². The van der Waals surface area contributed by atoms with Crippen molar-refractivity contribution in [2.45, 2.75) is 37.6 Å². The number of rotatable bonds is 9. The number of hydrogen-bond acceptors (Lipinski definition) is 3. The molecule has 0 bridgehead atoms. The second-order valence-corrected chi connectivity index (χ2v) is 9.67. The van der Waals surface area contributed by atoms with Gasteiger partial charge in [-0.05, 0) is 60.0 Å². The van der Waals surface area contributed by atoms with Crippen LogP contribution in [0.5, 0.6) is 5.75 Å². The molecule has 2 amide bonds. The second-order valence-electron chi connectivity index (χ2n) is 9.67. The molecule has 0 saturated carbocycles. The van der Waals surface area contributed by atoms with Crippen molar-refractivity contribution in [1.29, 1.82) is 0 Å². The lowest BCUT2D eigenvalue weighted by Crippen LogP contribution is -2.50. The van der Waals surface area contributed by atoms with Crippen LogP contribution in [0.1, 0.15) is 27.9 Å². The van der Waals surface area contributed by atoms with E-state index in [9.17, 15) is 44.3 Å². The molecule has 2 N–H and O–H groups in total. The topological polar surface area (TPSA) is 63.2 Å². The number of hydrogen-bond donors (Lipinski definition) is 2. The fourth-order valence-electron chi connectivity index (χ4n) is 4.52. The van der Waals surface area contributed by atoms with E-state index in [0.29, 0.717) is 41.6 Å². The maximum atomic E-state index is 15.0. The van der Waals surface area contributed by atoms with Gasteiger partial charge >= 0.3 is 24.7 Å². The van der Waals surface area contributed by atoms with Gasteiger partial charge in [0.2, 0.25) is 0 Å². The number of aryl methyl sites for hydroxylation is 1. The second kappa shape index (κ2) is 12.5. The third-order valence-electron chi connectivity index (χ3n) is 6.43. The highest BCUT2D eigenvalue weighted by molar-refractivity contribution is 5.90. The minimum absolute atomic E-state index is 0.193. The van der Waals surface area contributed by atoms with Crippen LogP contribution in [0.3, 0.4) is 0 Å². The van der Waals surface area contributed by atoms with Crippen molar-refractivity contribution < 1.29 is 49.0 Å². The molecule has 0 spiro atoms. The van der Waals surface area contributed by atoms with Crippen LogP contribution >= 0.6 is 0 Å². The summed E-state index contributed by atoms with van der Waals surface area (Å²) in [6.07, 6.45) is -13.7. The Morgan fingerprint density at radius 2 is 1.59 bits per heavy atom. The van der Waals surface area contributed by atoms with Gasteiger partial charge < -0.3 is 15.4 Å². The SMILES string of the molecule is Cc1cc(NC(=O)NC(Cc2ccccc2)(c2cc(F)cc(OC(F)(F)C(F)F)c2)c2ccc(F)c(C(F)(F)F)c2)ccn1. The molecule has 232 valence electrons. The Balaban J connectivity index is 1.98. The first-order valence-corrected chi connectivity index (χ1v) is 12.7. The van der Waals surface area contributed by atoms with Gasteiger partial charge in [-0.1, -0.05) is 36.4 Å². The van der Waals surface area contributed by atoms with Gasteiger partial charge in [0.05, 0.1) is 11.1 Å². The van der Waals surface area contributed by atoms with Crippen molar-refractivity contribution in [3.63, 3.8) is 0 Å². The number of urea groups is 1. The van der Waals surface area contributed by atoms with Gasteiger partial charge in [-0.25, -0.2) is 13.6 Å². The van der Waals surface area contributed by atoms with E-state index in [2.05, 4.69) is 20.4 Å². The van der Waals surface area contributed by atoms with Gasteiger partial charge in [-0.3, -0.25) is 4.98 Å². The quantitative estimate of drug-likeness (QED) is 0.184. The number of nitrogens with one attached hydrogen (secondary N) is 2. The molecule has 14 heteroatoms. The van der Waals surface area contributed by atoms with E-state index in [4.69, 9.17) is 0 Å². The Kier molecular flexibility index (Phi) is 9.11. The van der Waals surface area contributed by atoms with Crippen LogP contribution in [-0.4, -0.2) is 23.5 Å². The first-order valence-electron chi connectivity index (χ1n) is 12.7.